The number of halogens is 3. The van der Waals surface area contributed by atoms with E-state index in [-0.39, 0.29) is 22.5 Å². The number of nitrogens with zero attached hydrogens (tertiary/aromatic N) is 2. The standard InChI is InChI=1S/C13H6Cl3N3O2S/c14-6-1-2-7(8(15)5-6)11(20)17-13-19-18-12(21-13)9-3-4-10(16)22-9/h1-5H,(H,17,19,20). The highest BCUT2D eigenvalue weighted by Gasteiger charge is 2.16. The quantitative estimate of drug-likeness (QED) is 0.699. The molecule has 0 bridgehead atoms. The van der Waals surface area contributed by atoms with Crippen LogP contribution in [-0.2, 0) is 0 Å². The number of carbonyl (C=O) groups excluding carboxylic acids is 1. The molecule has 1 amide bonds. The summed E-state index contributed by atoms with van der Waals surface area (Å²) in [4.78, 5) is 12.8. The second-order valence-electron chi connectivity index (χ2n) is 4.09. The minimum Gasteiger partial charge on any atom is -0.402 e. The van der Waals surface area contributed by atoms with Gasteiger partial charge in [0.2, 0.25) is 0 Å². The molecule has 0 aliphatic rings. The molecule has 0 saturated carbocycles. The lowest BCUT2D eigenvalue weighted by atomic mass is 10.2. The average molecular weight is 375 g/mol. The molecular weight excluding hydrogens is 369 g/mol. The Morgan fingerprint density at radius 2 is 1.95 bits per heavy atom. The molecule has 1 aromatic carbocycles. The van der Waals surface area contributed by atoms with Crippen molar-refractivity contribution in [3.05, 3.63) is 50.3 Å². The van der Waals surface area contributed by atoms with Crippen LogP contribution >= 0.6 is 46.1 Å². The summed E-state index contributed by atoms with van der Waals surface area (Å²) < 4.78 is 5.97. The van der Waals surface area contributed by atoms with Crippen LogP contribution < -0.4 is 5.32 Å². The van der Waals surface area contributed by atoms with Gasteiger partial charge in [-0.15, -0.1) is 16.4 Å². The SMILES string of the molecule is O=C(Nc1nnc(-c2ccc(Cl)s2)o1)c1ccc(Cl)cc1Cl. The minimum absolute atomic E-state index is 0.0319. The molecule has 2 aromatic heterocycles. The van der Waals surface area contributed by atoms with E-state index in [1.807, 2.05) is 0 Å². The molecule has 0 spiro atoms. The molecule has 0 aliphatic carbocycles. The maximum atomic E-state index is 12.1. The van der Waals surface area contributed by atoms with E-state index in [1.54, 1.807) is 18.2 Å². The van der Waals surface area contributed by atoms with Crippen molar-refractivity contribution in [1.29, 1.82) is 0 Å². The smallest absolute Gasteiger partial charge is 0.322 e. The Kier molecular flexibility index (Phi) is 4.35. The maximum absolute atomic E-state index is 12.1. The zero-order valence-electron chi connectivity index (χ0n) is 10.6. The molecule has 0 aliphatic heterocycles. The van der Waals surface area contributed by atoms with Crippen LogP contribution in [0, 0.1) is 0 Å². The predicted octanol–water partition coefficient (Wildman–Crippen LogP) is 5.01. The van der Waals surface area contributed by atoms with Crippen LogP contribution in [0.15, 0.2) is 34.7 Å². The third kappa shape index (κ3) is 3.25. The van der Waals surface area contributed by atoms with Crippen LogP contribution in [0.4, 0.5) is 6.01 Å². The first-order valence-electron chi connectivity index (χ1n) is 5.88. The van der Waals surface area contributed by atoms with E-state index in [2.05, 4.69) is 15.5 Å². The van der Waals surface area contributed by atoms with Crippen LogP contribution in [0.5, 0.6) is 0 Å². The number of anilines is 1. The van der Waals surface area contributed by atoms with Crippen LogP contribution in [0.1, 0.15) is 10.4 Å². The van der Waals surface area contributed by atoms with Gasteiger partial charge in [-0.25, -0.2) is 0 Å². The van der Waals surface area contributed by atoms with Crippen molar-refractivity contribution >= 4 is 58.1 Å². The third-order valence-corrected chi connectivity index (χ3v) is 4.37. The molecule has 0 radical (unpaired) electrons. The fraction of sp³-hybridized carbons (Fsp3) is 0. The van der Waals surface area contributed by atoms with Gasteiger partial charge in [-0.1, -0.05) is 39.9 Å². The first-order valence-corrected chi connectivity index (χ1v) is 7.83. The van der Waals surface area contributed by atoms with Gasteiger partial charge in [-0.05, 0) is 30.3 Å². The van der Waals surface area contributed by atoms with E-state index in [4.69, 9.17) is 39.2 Å². The normalized spacial score (nSPS) is 10.7. The highest BCUT2D eigenvalue weighted by atomic mass is 35.5. The van der Waals surface area contributed by atoms with Crippen molar-refractivity contribution in [1.82, 2.24) is 10.2 Å². The molecule has 0 saturated heterocycles. The fourth-order valence-electron chi connectivity index (χ4n) is 1.64. The van der Waals surface area contributed by atoms with Crippen molar-refractivity contribution in [3.63, 3.8) is 0 Å². The second-order valence-corrected chi connectivity index (χ2v) is 6.65. The number of thiophene rings is 1. The van der Waals surface area contributed by atoms with Gasteiger partial charge in [0, 0.05) is 5.02 Å². The lowest BCUT2D eigenvalue weighted by Crippen LogP contribution is -2.12. The van der Waals surface area contributed by atoms with Crippen molar-refractivity contribution in [3.8, 4) is 10.8 Å². The summed E-state index contributed by atoms with van der Waals surface area (Å²) in [6, 6.07) is 7.99. The highest BCUT2D eigenvalue weighted by Crippen LogP contribution is 2.31. The zero-order valence-corrected chi connectivity index (χ0v) is 13.7. The largest absolute Gasteiger partial charge is 0.402 e. The van der Waals surface area contributed by atoms with Crippen molar-refractivity contribution in [2.24, 2.45) is 0 Å². The van der Waals surface area contributed by atoms with Gasteiger partial charge in [-0.2, -0.15) is 0 Å². The monoisotopic (exact) mass is 373 g/mol. The van der Waals surface area contributed by atoms with Gasteiger partial charge in [-0.3, -0.25) is 10.1 Å². The summed E-state index contributed by atoms with van der Waals surface area (Å²) in [5.41, 5.74) is 0.255. The van der Waals surface area contributed by atoms with Crippen LogP contribution in [0.2, 0.25) is 14.4 Å². The van der Waals surface area contributed by atoms with E-state index in [1.165, 1.54) is 23.5 Å². The summed E-state index contributed by atoms with van der Waals surface area (Å²) >= 11 is 18.9. The van der Waals surface area contributed by atoms with Gasteiger partial charge in [0.1, 0.15) is 0 Å². The Morgan fingerprint density at radius 3 is 2.64 bits per heavy atom. The fourth-order valence-corrected chi connectivity index (χ4v) is 3.10. The molecular formula is C13H6Cl3N3O2S. The van der Waals surface area contributed by atoms with Gasteiger partial charge >= 0.3 is 6.01 Å². The summed E-state index contributed by atoms with van der Waals surface area (Å²) in [5.74, 6) is -0.199. The van der Waals surface area contributed by atoms with Crippen molar-refractivity contribution in [2.45, 2.75) is 0 Å². The molecule has 0 atom stereocenters. The maximum Gasteiger partial charge on any atom is 0.322 e. The molecule has 5 nitrogen and oxygen atoms in total. The van der Waals surface area contributed by atoms with Crippen LogP contribution in [0.3, 0.4) is 0 Å². The molecule has 1 N–H and O–H groups in total. The Morgan fingerprint density at radius 1 is 1.14 bits per heavy atom. The number of aromatic nitrogens is 2. The Hall–Kier alpha value is -1.60. The number of carbonyl (C=O) groups is 1. The third-order valence-electron chi connectivity index (χ3n) is 2.61. The first-order chi connectivity index (χ1) is 10.5. The van der Waals surface area contributed by atoms with Gasteiger partial charge in [0.25, 0.3) is 11.8 Å². The van der Waals surface area contributed by atoms with Crippen molar-refractivity contribution in [2.75, 3.05) is 5.32 Å². The number of hydrogen-bond acceptors (Lipinski definition) is 5. The number of rotatable bonds is 3. The lowest BCUT2D eigenvalue weighted by Gasteiger charge is -2.03. The first kappa shape index (κ1) is 15.3. The molecule has 22 heavy (non-hydrogen) atoms. The minimum atomic E-state index is -0.471. The zero-order chi connectivity index (χ0) is 15.7. The number of benzene rings is 1. The number of nitrogens with one attached hydrogen (secondary N) is 1. The van der Waals surface area contributed by atoms with E-state index >= 15 is 0 Å². The van der Waals surface area contributed by atoms with Gasteiger partial charge < -0.3 is 4.42 Å². The highest BCUT2D eigenvalue weighted by molar-refractivity contribution is 7.19. The Balaban J connectivity index is 1.79. The Labute approximate surface area is 143 Å². The van der Waals surface area contributed by atoms with Crippen LogP contribution in [0.25, 0.3) is 10.8 Å². The predicted molar refractivity (Wildman–Crippen MR) is 87.0 cm³/mol. The lowest BCUT2D eigenvalue weighted by molar-refractivity contribution is 0.102. The van der Waals surface area contributed by atoms with Crippen LogP contribution in [-0.4, -0.2) is 16.1 Å². The van der Waals surface area contributed by atoms with Gasteiger partial charge in [0.15, 0.2) is 0 Å². The molecule has 112 valence electrons. The second kappa shape index (κ2) is 6.26. The molecule has 0 fully saturated rings. The molecule has 9 heteroatoms. The van der Waals surface area contributed by atoms with Crippen molar-refractivity contribution < 1.29 is 9.21 Å². The number of amides is 1. The molecule has 0 unspecified atom stereocenters. The van der Waals surface area contributed by atoms with E-state index in [0.29, 0.717) is 14.2 Å². The average Bonchev–Trinajstić information content (AvgIpc) is 3.07. The summed E-state index contributed by atoms with van der Waals surface area (Å²) in [6.45, 7) is 0. The summed E-state index contributed by atoms with van der Waals surface area (Å²) in [6.07, 6.45) is 0. The van der Waals surface area contributed by atoms with Gasteiger partial charge in [0.05, 0.1) is 19.8 Å². The molecule has 3 rings (SSSR count). The topological polar surface area (TPSA) is 68.0 Å². The Bertz CT molecular complexity index is 847. The van der Waals surface area contributed by atoms with E-state index < -0.39 is 5.91 Å². The summed E-state index contributed by atoms with van der Waals surface area (Å²) in [5, 5.41) is 10.8. The van der Waals surface area contributed by atoms with E-state index in [0.717, 1.165) is 0 Å². The molecule has 2 heterocycles. The molecule has 3 aromatic rings. The van der Waals surface area contributed by atoms with E-state index in [9.17, 15) is 4.79 Å². The number of hydrogen-bond donors (Lipinski definition) is 1. The summed E-state index contributed by atoms with van der Waals surface area (Å²) in [7, 11) is 0.